The van der Waals surface area contributed by atoms with E-state index in [1.807, 2.05) is 65.4 Å². The van der Waals surface area contributed by atoms with E-state index < -0.39 is 0 Å². The van der Waals surface area contributed by atoms with E-state index in [0.717, 1.165) is 50.8 Å². The SMILES string of the molecule is Cc1cc(C)c2c(-n3cccc3)c(C(=O)N3CCN(c4ccncc4)CC3)sc2n1. The maximum Gasteiger partial charge on any atom is 0.266 e. The van der Waals surface area contributed by atoms with Crippen LogP contribution in [0, 0.1) is 13.8 Å². The van der Waals surface area contributed by atoms with Crippen LogP contribution < -0.4 is 4.90 Å². The predicted molar refractivity (Wildman–Crippen MR) is 121 cm³/mol. The molecule has 0 aromatic carbocycles. The van der Waals surface area contributed by atoms with Gasteiger partial charge in [0.05, 0.1) is 5.69 Å². The molecule has 0 atom stereocenters. The van der Waals surface area contributed by atoms with Gasteiger partial charge in [0.15, 0.2) is 0 Å². The van der Waals surface area contributed by atoms with Crippen molar-refractivity contribution in [1.82, 2.24) is 19.4 Å². The first-order valence-corrected chi connectivity index (χ1v) is 10.9. The molecule has 4 aromatic rings. The zero-order valence-corrected chi connectivity index (χ0v) is 17.9. The first-order valence-electron chi connectivity index (χ1n) is 10.1. The average Bonchev–Trinajstić information content (AvgIpc) is 3.41. The molecule has 0 saturated carbocycles. The Bertz CT molecular complexity index is 1190. The summed E-state index contributed by atoms with van der Waals surface area (Å²) < 4.78 is 2.04. The molecule has 0 spiro atoms. The number of piperazine rings is 1. The van der Waals surface area contributed by atoms with Crippen molar-refractivity contribution in [1.29, 1.82) is 0 Å². The fraction of sp³-hybridized carbons (Fsp3) is 0.261. The Morgan fingerprint density at radius 1 is 1.03 bits per heavy atom. The van der Waals surface area contributed by atoms with Crippen LogP contribution in [0.3, 0.4) is 0 Å². The fourth-order valence-corrected chi connectivity index (χ4v) is 5.43. The minimum atomic E-state index is 0.0909. The van der Waals surface area contributed by atoms with E-state index in [1.165, 1.54) is 11.3 Å². The molecule has 0 N–H and O–H groups in total. The number of hydrogen-bond acceptors (Lipinski definition) is 5. The summed E-state index contributed by atoms with van der Waals surface area (Å²) in [5.41, 5.74) is 4.23. The molecule has 1 saturated heterocycles. The lowest BCUT2D eigenvalue weighted by molar-refractivity contribution is 0.0751. The van der Waals surface area contributed by atoms with Crippen LogP contribution in [0.5, 0.6) is 0 Å². The molecule has 1 amide bonds. The minimum Gasteiger partial charge on any atom is -0.368 e. The van der Waals surface area contributed by atoms with Crippen LogP contribution in [-0.4, -0.2) is 51.5 Å². The van der Waals surface area contributed by atoms with Crippen LogP contribution in [0.15, 0.2) is 55.1 Å². The topological polar surface area (TPSA) is 54.3 Å². The van der Waals surface area contributed by atoms with Crippen LogP contribution in [-0.2, 0) is 0 Å². The molecule has 6 nitrogen and oxygen atoms in total. The molecule has 0 radical (unpaired) electrons. The molecule has 1 aliphatic rings. The molecule has 5 heterocycles. The molecule has 30 heavy (non-hydrogen) atoms. The molecule has 5 rings (SSSR count). The summed E-state index contributed by atoms with van der Waals surface area (Å²) in [5, 5.41) is 1.07. The van der Waals surface area contributed by atoms with E-state index >= 15 is 0 Å². The third-order valence-corrected chi connectivity index (χ3v) is 6.67. The van der Waals surface area contributed by atoms with E-state index in [4.69, 9.17) is 4.98 Å². The number of thiophene rings is 1. The molecule has 0 aliphatic carbocycles. The maximum atomic E-state index is 13.6. The lowest BCUT2D eigenvalue weighted by Crippen LogP contribution is -2.48. The second kappa shape index (κ2) is 7.57. The number of pyridine rings is 2. The predicted octanol–water partition coefficient (Wildman–Crippen LogP) is 4.06. The molecule has 0 bridgehead atoms. The molecule has 1 fully saturated rings. The Labute approximate surface area is 179 Å². The van der Waals surface area contributed by atoms with Gasteiger partial charge in [0.2, 0.25) is 0 Å². The second-order valence-electron chi connectivity index (χ2n) is 7.62. The number of aromatic nitrogens is 3. The Balaban J connectivity index is 1.48. The van der Waals surface area contributed by atoms with Gasteiger partial charge in [-0.1, -0.05) is 0 Å². The van der Waals surface area contributed by atoms with E-state index in [0.29, 0.717) is 13.1 Å². The smallest absolute Gasteiger partial charge is 0.266 e. The number of aryl methyl sites for hydroxylation is 2. The van der Waals surface area contributed by atoms with Gasteiger partial charge in [-0.25, -0.2) is 4.98 Å². The van der Waals surface area contributed by atoms with Crippen LogP contribution in [0.1, 0.15) is 20.9 Å². The van der Waals surface area contributed by atoms with E-state index in [9.17, 15) is 4.79 Å². The highest BCUT2D eigenvalue weighted by Crippen LogP contribution is 2.36. The summed E-state index contributed by atoms with van der Waals surface area (Å²) in [4.78, 5) is 28.4. The van der Waals surface area contributed by atoms with Crippen molar-refractivity contribution in [2.45, 2.75) is 13.8 Å². The summed E-state index contributed by atoms with van der Waals surface area (Å²) in [6.45, 7) is 7.13. The number of anilines is 1. The number of carbonyl (C=O) groups excluding carboxylic acids is 1. The van der Waals surface area contributed by atoms with E-state index in [1.54, 1.807) is 0 Å². The van der Waals surface area contributed by atoms with Crippen molar-refractivity contribution in [2.24, 2.45) is 0 Å². The van der Waals surface area contributed by atoms with E-state index in [2.05, 4.69) is 22.9 Å². The molecular formula is C23H23N5OS. The zero-order chi connectivity index (χ0) is 20.7. The summed E-state index contributed by atoms with van der Waals surface area (Å²) in [7, 11) is 0. The Hall–Kier alpha value is -3.19. The lowest BCUT2D eigenvalue weighted by atomic mass is 10.1. The zero-order valence-electron chi connectivity index (χ0n) is 17.1. The summed E-state index contributed by atoms with van der Waals surface area (Å²) in [6, 6.07) is 10.1. The highest BCUT2D eigenvalue weighted by molar-refractivity contribution is 7.21. The first-order chi connectivity index (χ1) is 14.6. The number of nitrogens with zero attached hydrogens (tertiary/aromatic N) is 5. The normalized spacial score (nSPS) is 14.5. The van der Waals surface area contributed by atoms with Gasteiger partial charge in [0, 0.05) is 67.7 Å². The molecule has 0 unspecified atom stereocenters. The number of fused-ring (bicyclic) bond motifs is 1. The van der Waals surface area contributed by atoms with Crippen LogP contribution in [0.2, 0.25) is 0 Å². The largest absolute Gasteiger partial charge is 0.368 e. The van der Waals surface area contributed by atoms with Gasteiger partial charge in [-0.15, -0.1) is 11.3 Å². The highest BCUT2D eigenvalue weighted by atomic mass is 32.1. The van der Waals surface area contributed by atoms with Crippen molar-refractivity contribution < 1.29 is 4.79 Å². The van der Waals surface area contributed by atoms with Gasteiger partial charge < -0.3 is 14.4 Å². The Kier molecular flexibility index (Phi) is 4.75. The van der Waals surface area contributed by atoms with Crippen molar-refractivity contribution >= 4 is 33.1 Å². The number of rotatable bonds is 3. The maximum absolute atomic E-state index is 13.6. The van der Waals surface area contributed by atoms with Gasteiger partial charge >= 0.3 is 0 Å². The Morgan fingerprint density at radius 2 is 1.73 bits per heavy atom. The van der Waals surface area contributed by atoms with Gasteiger partial charge in [-0.3, -0.25) is 9.78 Å². The lowest BCUT2D eigenvalue weighted by Gasteiger charge is -2.36. The monoisotopic (exact) mass is 417 g/mol. The third-order valence-electron chi connectivity index (χ3n) is 5.61. The summed E-state index contributed by atoms with van der Waals surface area (Å²) >= 11 is 1.50. The van der Waals surface area contributed by atoms with Crippen LogP contribution >= 0.6 is 11.3 Å². The molecule has 1 aliphatic heterocycles. The van der Waals surface area contributed by atoms with Crippen LogP contribution in [0.4, 0.5) is 5.69 Å². The number of carbonyl (C=O) groups is 1. The minimum absolute atomic E-state index is 0.0909. The molecule has 152 valence electrons. The van der Waals surface area contributed by atoms with Crippen molar-refractivity contribution in [3.05, 3.63) is 71.3 Å². The van der Waals surface area contributed by atoms with Crippen molar-refractivity contribution in [3.63, 3.8) is 0 Å². The average molecular weight is 418 g/mol. The summed E-state index contributed by atoms with van der Waals surface area (Å²) in [6.07, 6.45) is 7.62. The quantitative estimate of drug-likeness (QED) is 0.504. The second-order valence-corrected chi connectivity index (χ2v) is 8.61. The standard InChI is InChI=1S/C23H23N5OS/c1-16-15-17(2)25-22-19(16)20(27-9-3-4-10-27)21(30-22)23(29)28-13-11-26(12-14-28)18-5-7-24-8-6-18/h3-10,15H,11-14H2,1-2H3. The van der Waals surface area contributed by atoms with Crippen molar-refractivity contribution in [3.8, 4) is 5.69 Å². The number of amides is 1. The number of hydrogen-bond donors (Lipinski definition) is 0. The van der Waals surface area contributed by atoms with Crippen molar-refractivity contribution in [2.75, 3.05) is 31.1 Å². The molecule has 7 heteroatoms. The molecule has 4 aromatic heterocycles. The van der Waals surface area contributed by atoms with E-state index in [-0.39, 0.29) is 5.91 Å². The first kappa shape index (κ1) is 18.8. The van der Waals surface area contributed by atoms with Gasteiger partial charge in [0.25, 0.3) is 5.91 Å². The fourth-order valence-electron chi connectivity index (χ4n) is 4.16. The Morgan fingerprint density at radius 3 is 2.43 bits per heavy atom. The third kappa shape index (κ3) is 3.25. The van der Waals surface area contributed by atoms with Gasteiger partial charge in [0.1, 0.15) is 9.71 Å². The highest BCUT2D eigenvalue weighted by Gasteiger charge is 2.28. The van der Waals surface area contributed by atoms with Crippen LogP contribution in [0.25, 0.3) is 15.9 Å². The van der Waals surface area contributed by atoms with Gasteiger partial charge in [-0.2, -0.15) is 0 Å². The molecular weight excluding hydrogens is 394 g/mol. The summed E-state index contributed by atoms with van der Waals surface area (Å²) in [5.74, 6) is 0.0909. The van der Waals surface area contributed by atoms with Gasteiger partial charge in [-0.05, 0) is 49.7 Å².